The third kappa shape index (κ3) is 3.27. The van der Waals surface area contributed by atoms with Crippen LogP contribution in [0.4, 0.5) is 14.5 Å². The van der Waals surface area contributed by atoms with Gasteiger partial charge in [0.1, 0.15) is 11.4 Å². The highest BCUT2D eigenvalue weighted by atomic mass is 19.3. The average molecular weight is 329 g/mol. The summed E-state index contributed by atoms with van der Waals surface area (Å²) in [6.07, 6.45) is 4.18. The molecule has 2 N–H and O–H groups in total. The van der Waals surface area contributed by atoms with Crippen molar-refractivity contribution >= 4 is 11.6 Å². The van der Waals surface area contributed by atoms with E-state index in [0.717, 1.165) is 19.2 Å². The molecule has 0 fully saturated rings. The van der Waals surface area contributed by atoms with Crippen molar-refractivity contribution in [3.8, 4) is 11.4 Å². The summed E-state index contributed by atoms with van der Waals surface area (Å²) in [5.74, 6) is -3.53. The second-order valence-electron chi connectivity index (χ2n) is 5.15. The summed E-state index contributed by atoms with van der Waals surface area (Å²) in [6, 6.07) is 7.78. The van der Waals surface area contributed by atoms with Crippen molar-refractivity contribution in [2.45, 2.75) is 12.8 Å². The van der Waals surface area contributed by atoms with Gasteiger partial charge in [-0.15, -0.1) is 0 Å². The Morgan fingerprint density at radius 2 is 2.00 bits per heavy atom. The van der Waals surface area contributed by atoms with Crippen LogP contribution in [-0.2, 0) is 5.92 Å². The maximum atomic E-state index is 13.2. The second-order valence-corrected chi connectivity index (χ2v) is 5.15. The first-order valence-electron chi connectivity index (χ1n) is 7.05. The topological polar surface area (TPSA) is 83.6 Å². The van der Waals surface area contributed by atoms with Gasteiger partial charge in [-0.2, -0.15) is 13.9 Å². The van der Waals surface area contributed by atoms with Gasteiger partial charge in [0.2, 0.25) is 0 Å². The van der Waals surface area contributed by atoms with E-state index >= 15 is 0 Å². The molecular weight excluding hydrogens is 316 g/mol. The molecule has 3 heterocycles. The van der Waals surface area contributed by atoms with Crippen molar-refractivity contribution in [3.63, 3.8) is 0 Å². The van der Waals surface area contributed by atoms with Gasteiger partial charge >= 0.3 is 0 Å². The molecule has 0 unspecified atom stereocenters. The second kappa shape index (κ2) is 6.15. The Morgan fingerprint density at radius 1 is 1.17 bits per heavy atom. The van der Waals surface area contributed by atoms with E-state index in [1.165, 1.54) is 12.3 Å². The average Bonchev–Trinajstić information content (AvgIpc) is 3.03. The SMILES string of the molecule is CC(F)(F)c1ccc(C(=O)Nc2cn[nH]c2-c2ccccn2)cn1. The van der Waals surface area contributed by atoms with E-state index in [0.29, 0.717) is 17.1 Å². The lowest BCUT2D eigenvalue weighted by molar-refractivity contribution is 0.0127. The molecule has 0 spiro atoms. The first-order chi connectivity index (χ1) is 11.4. The van der Waals surface area contributed by atoms with E-state index in [9.17, 15) is 13.6 Å². The molecule has 3 aromatic rings. The Kier molecular flexibility index (Phi) is 4.03. The van der Waals surface area contributed by atoms with Crippen LogP contribution < -0.4 is 5.32 Å². The van der Waals surface area contributed by atoms with Crippen molar-refractivity contribution in [2.24, 2.45) is 0 Å². The predicted octanol–water partition coefficient (Wildman–Crippen LogP) is 3.23. The van der Waals surface area contributed by atoms with Gasteiger partial charge in [0.25, 0.3) is 11.8 Å². The summed E-state index contributed by atoms with van der Waals surface area (Å²) in [7, 11) is 0. The number of H-pyrrole nitrogens is 1. The van der Waals surface area contributed by atoms with Crippen LogP contribution in [0, 0.1) is 0 Å². The monoisotopic (exact) mass is 329 g/mol. The van der Waals surface area contributed by atoms with Crippen molar-refractivity contribution in [1.29, 1.82) is 0 Å². The van der Waals surface area contributed by atoms with Crippen molar-refractivity contribution in [2.75, 3.05) is 5.32 Å². The normalized spacial score (nSPS) is 11.3. The van der Waals surface area contributed by atoms with Crippen molar-refractivity contribution in [1.82, 2.24) is 20.2 Å². The van der Waals surface area contributed by atoms with Crippen LogP contribution in [0.25, 0.3) is 11.4 Å². The number of pyridine rings is 2. The molecule has 0 aliphatic heterocycles. The third-order valence-corrected chi connectivity index (χ3v) is 3.28. The van der Waals surface area contributed by atoms with Gasteiger partial charge in [0, 0.05) is 19.3 Å². The highest BCUT2D eigenvalue weighted by Gasteiger charge is 2.26. The maximum absolute atomic E-state index is 13.2. The van der Waals surface area contributed by atoms with E-state index in [4.69, 9.17) is 0 Å². The van der Waals surface area contributed by atoms with Crippen molar-refractivity contribution in [3.05, 3.63) is 60.2 Å². The van der Waals surface area contributed by atoms with Crippen LogP contribution >= 0.6 is 0 Å². The predicted molar refractivity (Wildman–Crippen MR) is 83.6 cm³/mol. The molecule has 3 aromatic heterocycles. The molecule has 0 bridgehead atoms. The van der Waals surface area contributed by atoms with Gasteiger partial charge in [-0.25, -0.2) is 0 Å². The zero-order chi connectivity index (χ0) is 17.2. The van der Waals surface area contributed by atoms with E-state index in [1.807, 2.05) is 6.07 Å². The number of alkyl halides is 2. The number of amides is 1. The Labute approximate surface area is 136 Å². The van der Waals surface area contributed by atoms with Crippen LogP contribution in [0.1, 0.15) is 23.0 Å². The Bertz CT molecular complexity index is 841. The van der Waals surface area contributed by atoms with Crippen LogP contribution in [0.2, 0.25) is 0 Å². The van der Waals surface area contributed by atoms with Gasteiger partial charge in [0.15, 0.2) is 0 Å². The highest BCUT2D eigenvalue weighted by Crippen LogP contribution is 2.26. The van der Waals surface area contributed by atoms with E-state index in [2.05, 4.69) is 25.5 Å². The molecule has 0 saturated heterocycles. The summed E-state index contributed by atoms with van der Waals surface area (Å²) in [6.45, 7) is 0.750. The summed E-state index contributed by atoms with van der Waals surface area (Å²) < 4.78 is 26.3. The number of carbonyl (C=O) groups excluding carboxylic acids is 1. The molecule has 6 nitrogen and oxygen atoms in total. The minimum atomic E-state index is -3.05. The summed E-state index contributed by atoms with van der Waals surface area (Å²) >= 11 is 0. The first kappa shape index (κ1) is 15.7. The fourth-order valence-electron chi connectivity index (χ4n) is 2.07. The minimum Gasteiger partial charge on any atom is -0.319 e. The molecule has 0 saturated carbocycles. The van der Waals surface area contributed by atoms with Gasteiger partial charge < -0.3 is 5.32 Å². The standard InChI is InChI=1S/C16H13F2N5O/c1-16(17,18)13-6-5-10(8-20-13)15(24)22-12-9-21-23-14(12)11-4-2-3-7-19-11/h2-9H,1H3,(H,21,23)(H,22,24). The minimum absolute atomic E-state index is 0.163. The third-order valence-electron chi connectivity index (χ3n) is 3.28. The van der Waals surface area contributed by atoms with Crippen LogP contribution in [0.5, 0.6) is 0 Å². The molecule has 0 aliphatic rings. The smallest absolute Gasteiger partial charge is 0.286 e. The van der Waals surface area contributed by atoms with Crippen molar-refractivity contribution < 1.29 is 13.6 Å². The molecule has 0 radical (unpaired) electrons. The van der Waals surface area contributed by atoms with Crippen LogP contribution in [0.15, 0.2) is 48.9 Å². The molecule has 24 heavy (non-hydrogen) atoms. The molecule has 0 aliphatic carbocycles. The first-order valence-corrected chi connectivity index (χ1v) is 7.05. The lowest BCUT2D eigenvalue weighted by atomic mass is 10.2. The number of rotatable bonds is 4. The molecule has 0 atom stereocenters. The summed E-state index contributed by atoms with van der Waals surface area (Å²) in [5, 5.41) is 9.33. The Hall–Kier alpha value is -3.16. The number of hydrogen-bond acceptors (Lipinski definition) is 4. The molecule has 122 valence electrons. The summed E-state index contributed by atoms with van der Waals surface area (Å²) in [5.41, 5.74) is 1.37. The lowest BCUT2D eigenvalue weighted by Crippen LogP contribution is -2.15. The number of nitrogens with zero attached hydrogens (tertiary/aromatic N) is 3. The van der Waals surface area contributed by atoms with Crippen LogP contribution in [0.3, 0.4) is 0 Å². The number of halogens is 2. The zero-order valence-corrected chi connectivity index (χ0v) is 12.6. The lowest BCUT2D eigenvalue weighted by Gasteiger charge is -2.10. The molecule has 8 heteroatoms. The van der Waals surface area contributed by atoms with Gasteiger partial charge in [-0.1, -0.05) is 6.07 Å². The number of hydrogen-bond donors (Lipinski definition) is 2. The molecule has 3 rings (SSSR count). The number of carbonyl (C=O) groups is 1. The van der Waals surface area contributed by atoms with E-state index < -0.39 is 17.5 Å². The van der Waals surface area contributed by atoms with Crippen LogP contribution in [-0.4, -0.2) is 26.1 Å². The highest BCUT2D eigenvalue weighted by molar-refractivity contribution is 6.05. The number of aromatic amines is 1. The Morgan fingerprint density at radius 3 is 2.62 bits per heavy atom. The Balaban J connectivity index is 1.80. The fourth-order valence-corrected chi connectivity index (χ4v) is 2.07. The molecular formula is C16H13F2N5O. The molecule has 0 aromatic carbocycles. The largest absolute Gasteiger partial charge is 0.319 e. The quantitative estimate of drug-likeness (QED) is 0.770. The fraction of sp³-hybridized carbons (Fsp3) is 0.125. The van der Waals surface area contributed by atoms with Gasteiger partial charge in [-0.3, -0.25) is 19.9 Å². The maximum Gasteiger partial charge on any atom is 0.286 e. The molecule has 1 amide bonds. The number of nitrogens with one attached hydrogen (secondary N) is 2. The van der Waals surface area contributed by atoms with Gasteiger partial charge in [-0.05, 0) is 24.3 Å². The number of anilines is 1. The number of aromatic nitrogens is 4. The van der Waals surface area contributed by atoms with E-state index in [-0.39, 0.29) is 5.56 Å². The van der Waals surface area contributed by atoms with E-state index in [1.54, 1.807) is 18.3 Å². The van der Waals surface area contributed by atoms with Gasteiger partial charge in [0.05, 0.1) is 23.1 Å². The summed E-state index contributed by atoms with van der Waals surface area (Å²) in [4.78, 5) is 20.1. The zero-order valence-electron chi connectivity index (χ0n) is 12.6.